The molecule has 0 spiro atoms. The maximum atomic E-state index is 13.7. The summed E-state index contributed by atoms with van der Waals surface area (Å²) in [6.45, 7) is 2.01. The van der Waals surface area contributed by atoms with E-state index in [0.717, 1.165) is 5.56 Å². The van der Waals surface area contributed by atoms with Gasteiger partial charge in [-0.1, -0.05) is 54.1 Å². The van der Waals surface area contributed by atoms with E-state index in [1.54, 1.807) is 31.4 Å². The van der Waals surface area contributed by atoms with Gasteiger partial charge < -0.3 is 10.1 Å². The third-order valence-corrected chi connectivity index (χ3v) is 5.12. The zero-order valence-corrected chi connectivity index (χ0v) is 17.2. The second kappa shape index (κ2) is 8.44. The Morgan fingerprint density at radius 3 is 2.39 bits per heavy atom. The molecule has 6 heteroatoms. The second-order valence-electron chi connectivity index (χ2n) is 7.26. The Hall–Kier alpha value is -3.93. The molecule has 1 heterocycles. The Morgan fingerprint density at radius 2 is 1.68 bits per heavy atom. The smallest absolute Gasteiger partial charge is 0.278 e. The number of methoxy groups -OCH3 is 1. The lowest BCUT2D eigenvalue weighted by atomic mass is 10.0. The van der Waals surface area contributed by atoms with Crippen molar-refractivity contribution in [2.75, 3.05) is 12.4 Å². The highest BCUT2D eigenvalue weighted by atomic mass is 19.1. The molecule has 156 valence electrons. The molecule has 3 aromatic rings. The van der Waals surface area contributed by atoms with Gasteiger partial charge in [-0.15, -0.1) is 0 Å². The summed E-state index contributed by atoms with van der Waals surface area (Å²) in [4.78, 5) is 27.9. The Morgan fingerprint density at radius 1 is 0.935 bits per heavy atom. The summed E-state index contributed by atoms with van der Waals surface area (Å²) in [7, 11) is 1.54. The van der Waals surface area contributed by atoms with Crippen LogP contribution in [0.1, 0.15) is 16.7 Å². The van der Waals surface area contributed by atoms with Crippen LogP contribution >= 0.6 is 0 Å². The number of benzene rings is 3. The second-order valence-corrected chi connectivity index (χ2v) is 7.26. The van der Waals surface area contributed by atoms with Gasteiger partial charge in [-0.3, -0.25) is 14.5 Å². The molecule has 31 heavy (non-hydrogen) atoms. The first-order chi connectivity index (χ1) is 15.0. The highest BCUT2D eigenvalue weighted by Gasteiger charge is 2.39. The van der Waals surface area contributed by atoms with Gasteiger partial charge in [0.15, 0.2) is 0 Å². The Kier molecular flexibility index (Phi) is 5.54. The lowest BCUT2D eigenvalue weighted by Crippen LogP contribution is -2.32. The van der Waals surface area contributed by atoms with Crippen LogP contribution in [-0.2, 0) is 16.1 Å². The summed E-state index contributed by atoms with van der Waals surface area (Å²) in [5.41, 5.74) is 3.12. The van der Waals surface area contributed by atoms with E-state index in [9.17, 15) is 14.0 Å². The Bertz CT molecular complexity index is 1190. The fraction of sp³-hybridized carbons (Fsp3) is 0.120. The number of rotatable bonds is 6. The monoisotopic (exact) mass is 416 g/mol. The van der Waals surface area contributed by atoms with E-state index >= 15 is 0 Å². The summed E-state index contributed by atoms with van der Waals surface area (Å²) in [5.74, 6) is -0.744. The van der Waals surface area contributed by atoms with Crippen molar-refractivity contribution in [3.8, 4) is 5.75 Å². The van der Waals surface area contributed by atoms with Crippen LogP contribution in [0.15, 0.2) is 78.5 Å². The lowest BCUT2D eigenvalue weighted by molar-refractivity contribution is -0.137. The molecule has 0 aliphatic carbocycles. The van der Waals surface area contributed by atoms with E-state index in [2.05, 4.69) is 5.32 Å². The van der Waals surface area contributed by atoms with Gasteiger partial charge in [-0.05, 0) is 36.8 Å². The Balaban J connectivity index is 1.75. The predicted octanol–water partition coefficient (Wildman–Crippen LogP) is 4.53. The molecular formula is C25H21FN2O3. The standard InChI is InChI=1S/C25H21FN2O3/c1-16-10-12-17(13-11-16)22-23(27-20-8-5-7-19(26)14-20)25(30)28(24(22)29)15-18-6-3-4-9-21(18)31-2/h3-14,27H,15H2,1-2H3. The van der Waals surface area contributed by atoms with Gasteiger partial charge in [0.25, 0.3) is 11.8 Å². The minimum absolute atomic E-state index is 0.0609. The molecule has 0 saturated carbocycles. The van der Waals surface area contributed by atoms with E-state index in [4.69, 9.17) is 4.74 Å². The molecule has 5 nitrogen and oxygen atoms in total. The average molecular weight is 416 g/mol. The van der Waals surface area contributed by atoms with Crippen molar-refractivity contribution in [2.45, 2.75) is 13.5 Å². The molecule has 0 aromatic heterocycles. The summed E-state index contributed by atoms with van der Waals surface area (Å²) in [6, 6.07) is 20.4. The fourth-order valence-corrected chi connectivity index (χ4v) is 3.54. The molecule has 0 saturated heterocycles. The molecule has 4 rings (SSSR count). The average Bonchev–Trinajstić information content (AvgIpc) is 2.99. The molecular weight excluding hydrogens is 395 g/mol. The molecule has 0 fully saturated rings. The maximum absolute atomic E-state index is 13.7. The molecule has 3 aromatic carbocycles. The van der Waals surface area contributed by atoms with E-state index < -0.39 is 17.6 Å². The van der Waals surface area contributed by atoms with Crippen LogP contribution < -0.4 is 10.1 Å². The highest BCUT2D eigenvalue weighted by Crippen LogP contribution is 2.33. The van der Waals surface area contributed by atoms with Crippen LogP contribution in [0.25, 0.3) is 5.57 Å². The number of hydrogen-bond acceptors (Lipinski definition) is 4. The SMILES string of the molecule is COc1ccccc1CN1C(=O)C(Nc2cccc(F)c2)=C(c2ccc(C)cc2)C1=O. The van der Waals surface area contributed by atoms with Crippen molar-refractivity contribution in [2.24, 2.45) is 0 Å². The molecule has 1 N–H and O–H groups in total. The van der Waals surface area contributed by atoms with E-state index in [-0.39, 0.29) is 17.8 Å². The summed E-state index contributed by atoms with van der Waals surface area (Å²) >= 11 is 0. The zero-order valence-electron chi connectivity index (χ0n) is 17.2. The minimum Gasteiger partial charge on any atom is -0.496 e. The molecule has 1 aliphatic rings. The van der Waals surface area contributed by atoms with Crippen molar-refractivity contribution in [3.05, 3.63) is 101 Å². The molecule has 0 atom stereocenters. The largest absolute Gasteiger partial charge is 0.496 e. The maximum Gasteiger partial charge on any atom is 0.278 e. The normalized spacial score (nSPS) is 13.7. The van der Waals surface area contributed by atoms with Crippen molar-refractivity contribution >= 4 is 23.1 Å². The molecule has 0 bridgehead atoms. The van der Waals surface area contributed by atoms with Gasteiger partial charge >= 0.3 is 0 Å². The topological polar surface area (TPSA) is 58.6 Å². The number of ether oxygens (including phenoxy) is 1. The number of carbonyl (C=O) groups excluding carboxylic acids is 2. The van der Waals surface area contributed by atoms with Crippen LogP contribution in [-0.4, -0.2) is 23.8 Å². The quantitative estimate of drug-likeness (QED) is 0.600. The number of halogens is 1. The number of para-hydroxylation sites is 1. The van der Waals surface area contributed by atoms with Crippen LogP contribution in [0.4, 0.5) is 10.1 Å². The van der Waals surface area contributed by atoms with Crippen molar-refractivity contribution in [1.82, 2.24) is 4.90 Å². The lowest BCUT2D eigenvalue weighted by Gasteiger charge is -2.17. The summed E-state index contributed by atoms with van der Waals surface area (Å²) in [6.07, 6.45) is 0. The van der Waals surface area contributed by atoms with E-state index in [1.807, 2.05) is 37.3 Å². The van der Waals surface area contributed by atoms with Crippen molar-refractivity contribution in [3.63, 3.8) is 0 Å². The first kappa shape index (κ1) is 20.3. The fourth-order valence-electron chi connectivity index (χ4n) is 3.54. The summed E-state index contributed by atoms with van der Waals surface area (Å²) in [5, 5.41) is 2.97. The van der Waals surface area contributed by atoms with Gasteiger partial charge in [0, 0.05) is 11.3 Å². The van der Waals surface area contributed by atoms with Crippen LogP contribution in [0.5, 0.6) is 5.75 Å². The number of aryl methyl sites for hydroxylation is 1. The van der Waals surface area contributed by atoms with E-state index in [1.165, 1.54) is 23.1 Å². The number of imide groups is 1. The first-order valence-electron chi connectivity index (χ1n) is 9.80. The van der Waals surface area contributed by atoms with Crippen LogP contribution in [0.3, 0.4) is 0 Å². The Labute approximate surface area is 179 Å². The number of carbonyl (C=O) groups is 2. The predicted molar refractivity (Wildman–Crippen MR) is 117 cm³/mol. The van der Waals surface area contributed by atoms with Crippen molar-refractivity contribution < 1.29 is 18.7 Å². The third-order valence-electron chi connectivity index (χ3n) is 5.12. The van der Waals surface area contributed by atoms with Crippen LogP contribution in [0.2, 0.25) is 0 Å². The third kappa shape index (κ3) is 4.05. The molecule has 0 radical (unpaired) electrons. The number of anilines is 1. The first-order valence-corrected chi connectivity index (χ1v) is 9.80. The van der Waals surface area contributed by atoms with Gasteiger partial charge in [-0.25, -0.2) is 4.39 Å². The van der Waals surface area contributed by atoms with Gasteiger partial charge in [-0.2, -0.15) is 0 Å². The number of hydrogen-bond donors (Lipinski definition) is 1. The summed E-state index contributed by atoms with van der Waals surface area (Å²) < 4.78 is 19.1. The number of amides is 2. The van der Waals surface area contributed by atoms with Gasteiger partial charge in [0.2, 0.25) is 0 Å². The van der Waals surface area contributed by atoms with Gasteiger partial charge in [0.05, 0.1) is 19.2 Å². The minimum atomic E-state index is -0.476. The number of nitrogens with zero attached hydrogens (tertiary/aromatic N) is 1. The number of nitrogens with one attached hydrogen (secondary N) is 1. The molecule has 1 aliphatic heterocycles. The zero-order chi connectivity index (χ0) is 22.0. The van der Waals surface area contributed by atoms with Crippen LogP contribution in [0, 0.1) is 12.7 Å². The van der Waals surface area contributed by atoms with Gasteiger partial charge in [0.1, 0.15) is 17.3 Å². The van der Waals surface area contributed by atoms with Crippen molar-refractivity contribution in [1.29, 1.82) is 0 Å². The molecule has 0 unspecified atom stereocenters. The molecule has 2 amide bonds. The highest BCUT2D eigenvalue weighted by molar-refractivity contribution is 6.36. The van der Waals surface area contributed by atoms with E-state index in [0.29, 0.717) is 22.6 Å².